The van der Waals surface area contributed by atoms with Crippen LogP contribution in [0.3, 0.4) is 0 Å². The summed E-state index contributed by atoms with van der Waals surface area (Å²) in [6, 6.07) is 7.23. The van der Waals surface area contributed by atoms with E-state index in [0.717, 1.165) is 12.8 Å². The molecular formula is C17H16N4O3. The molecule has 3 aromatic rings. The van der Waals surface area contributed by atoms with Crippen LogP contribution >= 0.6 is 0 Å². The molecule has 0 saturated heterocycles. The summed E-state index contributed by atoms with van der Waals surface area (Å²) in [7, 11) is 0. The Hall–Kier alpha value is -2.96. The Bertz CT molecular complexity index is 996. The Morgan fingerprint density at radius 3 is 2.71 bits per heavy atom. The molecule has 7 nitrogen and oxygen atoms in total. The highest BCUT2D eigenvalue weighted by molar-refractivity contribution is 5.52. The molecule has 0 amide bonds. The van der Waals surface area contributed by atoms with E-state index in [2.05, 4.69) is 10.1 Å². The monoisotopic (exact) mass is 324 g/mol. The number of nitrogens with zero attached hydrogens (tertiary/aromatic N) is 4. The molecule has 0 unspecified atom stereocenters. The molecule has 0 aliphatic heterocycles. The third kappa shape index (κ3) is 2.47. The average Bonchev–Trinajstić information content (AvgIpc) is 3.17. The minimum Gasteiger partial charge on any atom is -0.359 e. The molecule has 3 heterocycles. The van der Waals surface area contributed by atoms with Crippen molar-refractivity contribution in [2.75, 3.05) is 0 Å². The van der Waals surface area contributed by atoms with Crippen molar-refractivity contribution in [1.29, 1.82) is 0 Å². The van der Waals surface area contributed by atoms with E-state index < -0.39 is 11.1 Å². The fraction of sp³-hybridized carbons (Fsp3) is 0.294. The third-order valence-corrected chi connectivity index (χ3v) is 4.43. The van der Waals surface area contributed by atoms with Gasteiger partial charge in [-0.25, -0.2) is 0 Å². The van der Waals surface area contributed by atoms with E-state index in [1.54, 1.807) is 24.7 Å². The highest BCUT2D eigenvalue weighted by atomic mass is 16.5. The topological polar surface area (TPSA) is 82.9 Å². The molecule has 0 bridgehead atoms. The standard InChI is InChI=1S/C17H16N4O3/c1-17(5-6-17)21-9-8-20(15(22)16(21)23)11-12-10-14(19-24-12)13-4-2-3-7-18-13/h2-4,7-10H,5-6,11H2,1H3. The normalized spacial score (nSPS) is 15.4. The van der Waals surface area contributed by atoms with E-state index in [1.165, 1.54) is 9.13 Å². The molecule has 1 saturated carbocycles. The van der Waals surface area contributed by atoms with Gasteiger partial charge in [0, 0.05) is 30.2 Å². The van der Waals surface area contributed by atoms with Crippen LogP contribution in [0.5, 0.6) is 0 Å². The first kappa shape index (κ1) is 14.6. The van der Waals surface area contributed by atoms with Crippen molar-refractivity contribution < 1.29 is 4.52 Å². The van der Waals surface area contributed by atoms with Crippen LogP contribution in [0.2, 0.25) is 0 Å². The minimum absolute atomic E-state index is 0.158. The summed E-state index contributed by atoms with van der Waals surface area (Å²) in [4.78, 5) is 28.8. The van der Waals surface area contributed by atoms with Crippen LogP contribution in [-0.4, -0.2) is 19.3 Å². The summed E-state index contributed by atoms with van der Waals surface area (Å²) in [5.74, 6) is 0.493. The van der Waals surface area contributed by atoms with E-state index >= 15 is 0 Å². The first-order valence-corrected chi connectivity index (χ1v) is 7.76. The second-order valence-corrected chi connectivity index (χ2v) is 6.30. The summed E-state index contributed by atoms with van der Waals surface area (Å²) < 4.78 is 8.14. The van der Waals surface area contributed by atoms with Crippen molar-refractivity contribution in [3.05, 3.63) is 69.3 Å². The largest absolute Gasteiger partial charge is 0.359 e. The van der Waals surface area contributed by atoms with Gasteiger partial charge in [0.15, 0.2) is 5.76 Å². The predicted molar refractivity (Wildman–Crippen MR) is 86.7 cm³/mol. The Morgan fingerprint density at radius 2 is 2.00 bits per heavy atom. The lowest BCUT2D eigenvalue weighted by molar-refractivity contribution is 0.375. The van der Waals surface area contributed by atoms with Gasteiger partial charge in [0.1, 0.15) is 5.69 Å². The lowest BCUT2D eigenvalue weighted by Crippen LogP contribution is -2.43. The van der Waals surface area contributed by atoms with Gasteiger partial charge in [-0.3, -0.25) is 14.6 Å². The smallest absolute Gasteiger partial charge is 0.316 e. The van der Waals surface area contributed by atoms with E-state index in [-0.39, 0.29) is 12.1 Å². The van der Waals surface area contributed by atoms with Gasteiger partial charge < -0.3 is 13.7 Å². The lowest BCUT2D eigenvalue weighted by atomic mass is 10.2. The van der Waals surface area contributed by atoms with Crippen LogP contribution in [0.25, 0.3) is 11.4 Å². The van der Waals surface area contributed by atoms with Gasteiger partial charge in [-0.2, -0.15) is 0 Å². The molecule has 0 aromatic carbocycles. The molecule has 0 spiro atoms. The number of rotatable bonds is 4. The molecule has 24 heavy (non-hydrogen) atoms. The van der Waals surface area contributed by atoms with Gasteiger partial charge in [-0.15, -0.1) is 0 Å². The molecule has 1 aliphatic rings. The maximum absolute atomic E-state index is 12.3. The molecular weight excluding hydrogens is 308 g/mol. The molecule has 3 aromatic heterocycles. The Balaban J connectivity index is 1.63. The highest BCUT2D eigenvalue weighted by Crippen LogP contribution is 2.41. The summed E-state index contributed by atoms with van der Waals surface area (Å²) in [6.07, 6.45) is 6.81. The van der Waals surface area contributed by atoms with Crippen LogP contribution in [0.1, 0.15) is 25.5 Å². The van der Waals surface area contributed by atoms with Crippen molar-refractivity contribution in [2.45, 2.75) is 31.8 Å². The van der Waals surface area contributed by atoms with Crippen molar-refractivity contribution in [1.82, 2.24) is 19.3 Å². The summed E-state index contributed by atoms with van der Waals surface area (Å²) in [5.41, 5.74) is 0.0334. The zero-order valence-corrected chi connectivity index (χ0v) is 13.2. The molecule has 122 valence electrons. The zero-order chi connectivity index (χ0) is 16.7. The first-order chi connectivity index (χ1) is 11.6. The fourth-order valence-corrected chi connectivity index (χ4v) is 2.67. The second kappa shape index (κ2) is 5.30. The van der Waals surface area contributed by atoms with E-state index in [9.17, 15) is 9.59 Å². The van der Waals surface area contributed by atoms with Crippen LogP contribution in [0.4, 0.5) is 0 Å². The SMILES string of the molecule is CC1(n2ccn(Cc3cc(-c4ccccn4)no3)c(=O)c2=O)CC1. The first-order valence-electron chi connectivity index (χ1n) is 7.76. The van der Waals surface area contributed by atoms with Crippen molar-refractivity contribution in [3.8, 4) is 11.4 Å². The number of aromatic nitrogens is 4. The predicted octanol–water partition coefficient (Wildman–Crippen LogP) is 1.62. The van der Waals surface area contributed by atoms with Gasteiger partial charge in [0.2, 0.25) is 0 Å². The Labute approximate surface area is 137 Å². The highest BCUT2D eigenvalue weighted by Gasteiger charge is 2.40. The van der Waals surface area contributed by atoms with Crippen molar-refractivity contribution >= 4 is 0 Å². The Kier molecular flexibility index (Phi) is 3.23. The second-order valence-electron chi connectivity index (χ2n) is 6.30. The summed E-state index contributed by atoms with van der Waals surface area (Å²) in [5, 5.41) is 3.97. The van der Waals surface area contributed by atoms with Gasteiger partial charge in [-0.1, -0.05) is 11.2 Å². The molecule has 0 atom stereocenters. The third-order valence-electron chi connectivity index (χ3n) is 4.43. The molecule has 1 aliphatic carbocycles. The van der Waals surface area contributed by atoms with Crippen LogP contribution in [-0.2, 0) is 12.1 Å². The number of pyridine rings is 1. The molecule has 4 rings (SSSR count). The summed E-state index contributed by atoms with van der Waals surface area (Å²) >= 11 is 0. The zero-order valence-electron chi connectivity index (χ0n) is 13.2. The van der Waals surface area contributed by atoms with E-state index in [4.69, 9.17) is 4.52 Å². The lowest BCUT2D eigenvalue weighted by Gasteiger charge is -2.13. The molecule has 0 radical (unpaired) electrons. The quantitative estimate of drug-likeness (QED) is 0.681. The van der Waals surface area contributed by atoms with E-state index in [1.807, 2.05) is 25.1 Å². The maximum Gasteiger partial charge on any atom is 0.316 e. The van der Waals surface area contributed by atoms with Gasteiger partial charge in [0.25, 0.3) is 0 Å². The number of hydrogen-bond acceptors (Lipinski definition) is 5. The van der Waals surface area contributed by atoms with Crippen molar-refractivity contribution in [2.24, 2.45) is 0 Å². The van der Waals surface area contributed by atoms with Crippen LogP contribution < -0.4 is 11.1 Å². The van der Waals surface area contributed by atoms with Crippen LogP contribution in [0, 0.1) is 0 Å². The Morgan fingerprint density at radius 1 is 1.17 bits per heavy atom. The van der Waals surface area contributed by atoms with Crippen LogP contribution in [0.15, 0.2) is 57.0 Å². The summed E-state index contributed by atoms with van der Waals surface area (Å²) in [6.45, 7) is 2.14. The molecule has 7 heteroatoms. The molecule has 1 fully saturated rings. The fourth-order valence-electron chi connectivity index (χ4n) is 2.67. The molecule has 0 N–H and O–H groups in total. The van der Waals surface area contributed by atoms with Crippen molar-refractivity contribution in [3.63, 3.8) is 0 Å². The number of hydrogen-bond donors (Lipinski definition) is 0. The van der Waals surface area contributed by atoms with Gasteiger partial charge in [-0.05, 0) is 31.9 Å². The van der Waals surface area contributed by atoms with E-state index in [0.29, 0.717) is 17.1 Å². The van der Waals surface area contributed by atoms with Gasteiger partial charge in [0.05, 0.1) is 12.2 Å². The van der Waals surface area contributed by atoms with Gasteiger partial charge >= 0.3 is 11.1 Å². The minimum atomic E-state index is -0.554. The average molecular weight is 324 g/mol. The maximum atomic E-state index is 12.3.